The van der Waals surface area contributed by atoms with E-state index in [9.17, 15) is 8.42 Å². The van der Waals surface area contributed by atoms with Crippen molar-refractivity contribution in [2.24, 2.45) is 5.92 Å². The van der Waals surface area contributed by atoms with Crippen LogP contribution in [0.3, 0.4) is 0 Å². The Kier molecular flexibility index (Phi) is 10.4. The molecule has 0 rings (SSSR count). The first kappa shape index (κ1) is 17.2. The standard InChI is InChI=1S/C9H20O4S.H3N/c1-9(2)7-5-3-4-6-8-13-14(10,11)12;/h9H,3-8H2,1-2H3,(H,10,11,12);1H3. The Bertz CT molecular complexity index is 226. The first-order valence-corrected chi connectivity index (χ1v) is 6.40. The molecular weight excluding hydrogens is 218 g/mol. The van der Waals surface area contributed by atoms with Crippen LogP contribution in [0.2, 0.25) is 0 Å². The quantitative estimate of drug-likeness (QED) is 0.502. The molecule has 15 heavy (non-hydrogen) atoms. The Balaban J connectivity index is 0. The van der Waals surface area contributed by atoms with Crippen LogP contribution in [0, 0.1) is 5.92 Å². The third-order valence-corrected chi connectivity index (χ3v) is 2.37. The molecule has 0 aromatic rings. The molecule has 6 heteroatoms. The maximum absolute atomic E-state index is 10.1. The minimum absolute atomic E-state index is 0. The van der Waals surface area contributed by atoms with Gasteiger partial charge >= 0.3 is 10.4 Å². The zero-order chi connectivity index (χ0) is 11.0. The van der Waals surface area contributed by atoms with Gasteiger partial charge in [0, 0.05) is 0 Å². The van der Waals surface area contributed by atoms with Crippen LogP contribution in [0.15, 0.2) is 0 Å². The lowest BCUT2D eigenvalue weighted by molar-refractivity contribution is 0.261. The summed E-state index contributed by atoms with van der Waals surface area (Å²) in [5.74, 6) is 0.726. The van der Waals surface area contributed by atoms with Crippen molar-refractivity contribution in [3.63, 3.8) is 0 Å². The number of rotatable bonds is 8. The Hall–Kier alpha value is -0.170. The smallest absolute Gasteiger partial charge is 0.344 e. The summed E-state index contributed by atoms with van der Waals surface area (Å²) in [5.41, 5.74) is 0. The number of unbranched alkanes of at least 4 members (excludes halogenated alkanes) is 3. The zero-order valence-corrected chi connectivity index (χ0v) is 10.4. The van der Waals surface area contributed by atoms with Crippen molar-refractivity contribution >= 4 is 10.4 Å². The van der Waals surface area contributed by atoms with E-state index in [0.717, 1.165) is 18.8 Å². The summed E-state index contributed by atoms with van der Waals surface area (Å²) in [5, 5.41) is 0. The highest BCUT2D eigenvalue weighted by Gasteiger charge is 2.02. The Morgan fingerprint density at radius 3 is 2.13 bits per heavy atom. The van der Waals surface area contributed by atoms with Gasteiger partial charge < -0.3 is 6.15 Å². The molecule has 0 aliphatic rings. The van der Waals surface area contributed by atoms with Crippen molar-refractivity contribution < 1.29 is 17.2 Å². The predicted molar refractivity (Wildman–Crippen MR) is 60.4 cm³/mol. The van der Waals surface area contributed by atoms with Crippen LogP contribution in [0.1, 0.15) is 46.0 Å². The van der Waals surface area contributed by atoms with Crippen LogP contribution >= 0.6 is 0 Å². The molecule has 4 N–H and O–H groups in total. The van der Waals surface area contributed by atoms with Gasteiger partial charge in [-0.3, -0.25) is 4.55 Å². The first-order valence-electron chi connectivity index (χ1n) is 5.03. The second kappa shape index (κ2) is 9.08. The lowest BCUT2D eigenvalue weighted by atomic mass is 10.0. The highest BCUT2D eigenvalue weighted by atomic mass is 32.3. The van der Waals surface area contributed by atoms with Gasteiger partial charge in [0.2, 0.25) is 0 Å². The van der Waals surface area contributed by atoms with Gasteiger partial charge in [0.1, 0.15) is 0 Å². The van der Waals surface area contributed by atoms with Crippen LogP contribution < -0.4 is 6.15 Å². The third kappa shape index (κ3) is 16.5. The second-order valence-electron chi connectivity index (χ2n) is 3.85. The molecule has 94 valence electrons. The van der Waals surface area contributed by atoms with E-state index < -0.39 is 10.4 Å². The Labute approximate surface area is 92.7 Å². The summed E-state index contributed by atoms with van der Waals surface area (Å²) in [7, 11) is -4.23. The summed E-state index contributed by atoms with van der Waals surface area (Å²) < 4.78 is 32.7. The lowest BCUT2D eigenvalue weighted by Gasteiger charge is -2.03. The monoisotopic (exact) mass is 241 g/mol. The van der Waals surface area contributed by atoms with E-state index in [1.807, 2.05) is 0 Å². The Morgan fingerprint density at radius 2 is 1.67 bits per heavy atom. The highest BCUT2D eigenvalue weighted by molar-refractivity contribution is 7.80. The molecular formula is C9H23NO4S. The lowest BCUT2D eigenvalue weighted by Crippen LogP contribution is -2.04. The molecule has 0 bridgehead atoms. The van der Waals surface area contributed by atoms with Gasteiger partial charge in [-0.15, -0.1) is 0 Å². The molecule has 0 fully saturated rings. The summed E-state index contributed by atoms with van der Waals surface area (Å²) in [6.45, 7) is 4.45. The number of hydrogen-bond acceptors (Lipinski definition) is 4. The molecule has 0 aromatic heterocycles. The van der Waals surface area contributed by atoms with Gasteiger partial charge in [0.05, 0.1) is 6.61 Å². The Morgan fingerprint density at radius 1 is 1.13 bits per heavy atom. The van der Waals surface area contributed by atoms with Crippen LogP contribution in [0.25, 0.3) is 0 Å². The molecule has 0 unspecified atom stereocenters. The molecule has 0 aliphatic heterocycles. The maximum Gasteiger partial charge on any atom is 0.397 e. The minimum atomic E-state index is -4.23. The predicted octanol–water partition coefficient (Wildman–Crippen LogP) is 2.57. The summed E-state index contributed by atoms with van der Waals surface area (Å²) in [4.78, 5) is 0. The number of hydrogen-bond donors (Lipinski definition) is 2. The molecule has 0 saturated carbocycles. The van der Waals surface area contributed by atoms with Gasteiger partial charge in [0.15, 0.2) is 0 Å². The maximum atomic E-state index is 10.1. The minimum Gasteiger partial charge on any atom is -0.344 e. The van der Waals surface area contributed by atoms with Crippen molar-refractivity contribution in [3.05, 3.63) is 0 Å². The average Bonchev–Trinajstić information content (AvgIpc) is 2.00. The van der Waals surface area contributed by atoms with Crippen molar-refractivity contribution in [1.82, 2.24) is 6.15 Å². The van der Waals surface area contributed by atoms with Crippen molar-refractivity contribution in [2.45, 2.75) is 46.0 Å². The summed E-state index contributed by atoms with van der Waals surface area (Å²) in [6, 6.07) is 0. The fraction of sp³-hybridized carbons (Fsp3) is 1.00. The molecule has 0 radical (unpaired) electrons. The third-order valence-electron chi connectivity index (χ3n) is 1.91. The summed E-state index contributed by atoms with van der Waals surface area (Å²) in [6.07, 6.45) is 5.09. The van der Waals surface area contributed by atoms with Crippen LogP contribution in [-0.4, -0.2) is 19.6 Å². The van der Waals surface area contributed by atoms with Crippen LogP contribution in [0.4, 0.5) is 0 Å². The first-order chi connectivity index (χ1) is 6.42. The van der Waals surface area contributed by atoms with Gasteiger partial charge in [-0.2, -0.15) is 8.42 Å². The van der Waals surface area contributed by atoms with Gasteiger partial charge in [-0.05, 0) is 12.3 Å². The molecule has 0 spiro atoms. The van der Waals surface area contributed by atoms with E-state index in [1.54, 1.807) is 0 Å². The topological polar surface area (TPSA) is 98.6 Å². The van der Waals surface area contributed by atoms with E-state index in [2.05, 4.69) is 18.0 Å². The normalized spacial score (nSPS) is 11.5. The van der Waals surface area contributed by atoms with E-state index in [4.69, 9.17) is 4.55 Å². The van der Waals surface area contributed by atoms with Crippen molar-refractivity contribution in [3.8, 4) is 0 Å². The molecule has 0 heterocycles. The van der Waals surface area contributed by atoms with Gasteiger partial charge in [-0.25, -0.2) is 4.18 Å². The molecule has 0 aliphatic carbocycles. The van der Waals surface area contributed by atoms with Gasteiger partial charge in [-0.1, -0.05) is 39.5 Å². The van der Waals surface area contributed by atoms with E-state index >= 15 is 0 Å². The largest absolute Gasteiger partial charge is 0.397 e. The molecule has 0 aromatic carbocycles. The SMILES string of the molecule is CC(C)CCCCCCOS(=O)(=O)O.N. The average molecular weight is 241 g/mol. The molecule has 0 amide bonds. The molecule has 5 nitrogen and oxygen atoms in total. The van der Waals surface area contributed by atoms with Gasteiger partial charge in [0.25, 0.3) is 0 Å². The van der Waals surface area contributed by atoms with E-state index in [0.29, 0.717) is 6.42 Å². The fourth-order valence-corrected chi connectivity index (χ4v) is 1.50. The second-order valence-corrected chi connectivity index (χ2v) is 4.94. The van der Waals surface area contributed by atoms with Crippen molar-refractivity contribution in [1.29, 1.82) is 0 Å². The van der Waals surface area contributed by atoms with E-state index in [-0.39, 0.29) is 12.8 Å². The molecule has 0 saturated heterocycles. The zero-order valence-electron chi connectivity index (χ0n) is 9.61. The highest BCUT2D eigenvalue weighted by Crippen LogP contribution is 2.09. The fourth-order valence-electron chi connectivity index (χ4n) is 1.17. The van der Waals surface area contributed by atoms with Crippen LogP contribution in [0.5, 0.6) is 0 Å². The molecule has 0 atom stereocenters. The van der Waals surface area contributed by atoms with Crippen LogP contribution in [-0.2, 0) is 14.6 Å². The summed E-state index contributed by atoms with van der Waals surface area (Å²) >= 11 is 0. The van der Waals surface area contributed by atoms with E-state index in [1.165, 1.54) is 12.8 Å². The van der Waals surface area contributed by atoms with Crippen molar-refractivity contribution in [2.75, 3.05) is 6.61 Å².